The van der Waals surface area contributed by atoms with Crippen molar-refractivity contribution in [1.29, 1.82) is 0 Å². The van der Waals surface area contributed by atoms with Gasteiger partial charge >= 0.3 is 0 Å². The average molecular weight is 260 g/mol. The second-order valence-electron chi connectivity index (χ2n) is 3.62. The molecule has 0 aliphatic heterocycles. The summed E-state index contributed by atoms with van der Waals surface area (Å²) in [5.74, 6) is -1.21. The quantitative estimate of drug-likeness (QED) is 0.756. The highest BCUT2D eigenvalue weighted by Crippen LogP contribution is 2.12. The first-order valence-electron chi connectivity index (χ1n) is 4.80. The van der Waals surface area contributed by atoms with Gasteiger partial charge in [0.1, 0.15) is 15.7 Å². The molecule has 0 spiro atoms. The monoisotopic (exact) mass is 260 g/mol. The summed E-state index contributed by atoms with van der Waals surface area (Å²) in [7, 11) is -3.12. The van der Waals surface area contributed by atoms with E-state index in [-0.39, 0.29) is 23.5 Å². The third kappa shape index (κ3) is 4.39. The lowest BCUT2D eigenvalue weighted by molar-refractivity contribution is 0.0957. The summed E-state index contributed by atoms with van der Waals surface area (Å²) in [6.07, 6.45) is 1.07. The number of nitrogens with one attached hydrogen (secondary N) is 1. The first-order chi connectivity index (χ1) is 7.79. The summed E-state index contributed by atoms with van der Waals surface area (Å²) >= 11 is 0. The van der Waals surface area contributed by atoms with Crippen LogP contribution in [0.1, 0.15) is 10.4 Å². The largest absolute Gasteiger partial charge is 0.398 e. The lowest BCUT2D eigenvalue weighted by atomic mass is 10.1. The van der Waals surface area contributed by atoms with Crippen molar-refractivity contribution in [3.63, 3.8) is 0 Å². The molecular formula is C10H13FN2O3S. The Kier molecular flexibility index (Phi) is 4.06. The maximum Gasteiger partial charge on any atom is 0.253 e. The number of rotatable bonds is 4. The number of benzene rings is 1. The third-order valence-electron chi connectivity index (χ3n) is 2.02. The highest BCUT2D eigenvalue weighted by molar-refractivity contribution is 7.90. The van der Waals surface area contributed by atoms with Crippen molar-refractivity contribution in [1.82, 2.24) is 5.32 Å². The van der Waals surface area contributed by atoms with E-state index in [2.05, 4.69) is 5.32 Å². The van der Waals surface area contributed by atoms with Gasteiger partial charge < -0.3 is 11.1 Å². The normalized spacial score (nSPS) is 11.2. The Hall–Kier alpha value is -1.63. The molecule has 0 saturated carbocycles. The molecule has 1 aromatic rings. The zero-order valence-electron chi connectivity index (χ0n) is 9.23. The van der Waals surface area contributed by atoms with Crippen LogP contribution < -0.4 is 11.1 Å². The van der Waals surface area contributed by atoms with Gasteiger partial charge in [-0.3, -0.25) is 4.79 Å². The molecule has 0 heterocycles. The van der Waals surface area contributed by atoms with Crippen LogP contribution in [0.3, 0.4) is 0 Å². The Balaban J connectivity index is 2.65. The highest BCUT2D eigenvalue weighted by Gasteiger charge is 2.10. The fourth-order valence-corrected chi connectivity index (χ4v) is 1.66. The fraction of sp³-hybridized carbons (Fsp3) is 0.300. The van der Waals surface area contributed by atoms with E-state index < -0.39 is 21.6 Å². The molecule has 0 aliphatic rings. The summed E-state index contributed by atoms with van der Waals surface area (Å²) in [5, 5.41) is 2.40. The Labute approximate surface area is 98.7 Å². The van der Waals surface area contributed by atoms with Crippen LogP contribution in [0, 0.1) is 5.82 Å². The van der Waals surface area contributed by atoms with Gasteiger partial charge in [0.15, 0.2) is 0 Å². The van der Waals surface area contributed by atoms with E-state index in [1.165, 1.54) is 6.07 Å². The third-order valence-corrected chi connectivity index (χ3v) is 2.96. The average Bonchev–Trinajstić information content (AvgIpc) is 2.15. The number of carbonyl (C=O) groups excluding carboxylic acids is 1. The van der Waals surface area contributed by atoms with Crippen LogP contribution in [-0.2, 0) is 9.84 Å². The molecule has 0 unspecified atom stereocenters. The van der Waals surface area contributed by atoms with Crippen LogP contribution in [0.5, 0.6) is 0 Å². The smallest absolute Gasteiger partial charge is 0.253 e. The Morgan fingerprint density at radius 2 is 2.12 bits per heavy atom. The first kappa shape index (κ1) is 13.4. The van der Waals surface area contributed by atoms with Crippen molar-refractivity contribution in [3.05, 3.63) is 29.6 Å². The van der Waals surface area contributed by atoms with E-state index in [0.29, 0.717) is 0 Å². The Morgan fingerprint density at radius 1 is 1.47 bits per heavy atom. The van der Waals surface area contributed by atoms with Gasteiger partial charge in [-0.15, -0.1) is 0 Å². The molecule has 0 radical (unpaired) electrons. The number of hydrogen-bond donors (Lipinski definition) is 2. The molecule has 0 atom stereocenters. The van der Waals surface area contributed by atoms with E-state index in [9.17, 15) is 17.6 Å². The van der Waals surface area contributed by atoms with Gasteiger partial charge in [0, 0.05) is 18.5 Å². The van der Waals surface area contributed by atoms with E-state index in [1.807, 2.05) is 0 Å². The molecule has 0 saturated heterocycles. The topological polar surface area (TPSA) is 89.3 Å². The summed E-state index contributed by atoms with van der Waals surface area (Å²) < 4.78 is 34.4. The summed E-state index contributed by atoms with van der Waals surface area (Å²) in [6.45, 7) is -0.00547. The molecular weight excluding hydrogens is 247 g/mol. The summed E-state index contributed by atoms with van der Waals surface area (Å²) in [5.41, 5.74) is 5.60. The number of anilines is 1. The van der Waals surface area contributed by atoms with E-state index >= 15 is 0 Å². The van der Waals surface area contributed by atoms with E-state index in [1.54, 1.807) is 0 Å². The second kappa shape index (κ2) is 5.13. The fourth-order valence-electron chi connectivity index (χ4n) is 1.19. The number of nitrogens with two attached hydrogens (primary N) is 1. The van der Waals surface area contributed by atoms with Crippen molar-refractivity contribution in [2.45, 2.75) is 0 Å². The molecule has 1 aromatic carbocycles. The molecule has 1 rings (SSSR count). The van der Waals surface area contributed by atoms with Gasteiger partial charge in [-0.25, -0.2) is 12.8 Å². The van der Waals surface area contributed by atoms with Crippen LogP contribution in [0.2, 0.25) is 0 Å². The van der Waals surface area contributed by atoms with E-state index in [0.717, 1.165) is 18.4 Å². The van der Waals surface area contributed by atoms with Gasteiger partial charge in [0.05, 0.1) is 11.3 Å². The predicted octanol–water partition coefficient (Wildman–Crippen LogP) is 0.182. The highest BCUT2D eigenvalue weighted by atomic mass is 32.2. The van der Waals surface area contributed by atoms with Gasteiger partial charge in [0.25, 0.3) is 5.91 Å². The van der Waals surface area contributed by atoms with E-state index in [4.69, 9.17) is 5.73 Å². The predicted molar refractivity (Wildman–Crippen MR) is 62.9 cm³/mol. The second-order valence-corrected chi connectivity index (χ2v) is 5.88. The number of carbonyl (C=O) groups is 1. The molecule has 94 valence electrons. The summed E-state index contributed by atoms with van der Waals surface area (Å²) in [4.78, 5) is 11.6. The van der Waals surface area contributed by atoms with Crippen molar-refractivity contribution < 1.29 is 17.6 Å². The van der Waals surface area contributed by atoms with Crippen LogP contribution >= 0.6 is 0 Å². The maximum absolute atomic E-state index is 12.7. The number of hydrogen-bond acceptors (Lipinski definition) is 4. The molecule has 5 nitrogen and oxygen atoms in total. The minimum absolute atomic E-state index is 0.00547. The SMILES string of the molecule is CS(=O)(=O)CCNC(=O)c1ccc(F)cc1N. The molecule has 3 N–H and O–H groups in total. The minimum Gasteiger partial charge on any atom is -0.398 e. The zero-order chi connectivity index (χ0) is 13.1. The molecule has 7 heteroatoms. The van der Waals surface area contributed by atoms with Gasteiger partial charge in [-0.2, -0.15) is 0 Å². The number of nitrogen functional groups attached to an aromatic ring is 1. The number of sulfone groups is 1. The van der Waals surface area contributed by atoms with Crippen molar-refractivity contribution >= 4 is 21.4 Å². The van der Waals surface area contributed by atoms with Crippen molar-refractivity contribution in [2.24, 2.45) is 0 Å². The molecule has 1 amide bonds. The number of halogens is 1. The lowest BCUT2D eigenvalue weighted by Crippen LogP contribution is -2.29. The van der Waals surface area contributed by atoms with Crippen LogP contribution in [0.25, 0.3) is 0 Å². The molecule has 0 aromatic heterocycles. The first-order valence-corrected chi connectivity index (χ1v) is 6.86. The van der Waals surface area contributed by atoms with Gasteiger partial charge in [-0.05, 0) is 18.2 Å². The number of amides is 1. The standard InChI is InChI=1S/C10H13FN2O3S/c1-17(15,16)5-4-13-10(14)8-3-2-7(11)6-9(8)12/h2-3,6H,4-5,12H2,1H3,(H,13,14). The molecule has 0 fully saturated rings. The minimum atomic E-state index is -3.12. The van der Waals surface area contributed by atoms with Crippen LogP contribution in [0.15, 0.2) is 18.2 Å². The van der Waals surface area contributed by atoms with Crippen LogP contribution in [0.4, 0.5) is 10.1 Å². The van der Waals surface area contributed by atoms with Crippen LogP contribution in [-0.4, -0.2) is 32.9 Å². The van der Waals surface area contributed by atoms with Gasteiger partial charge in [0.2, 0.25) is 0 Å². The Morgan fingerprint density at radius 3 is 2.65 bits per heavy atom. The van der Waals surface area contributed by atoms with Crippen molar-refractivity contribution in [2.75, 3.05) is 24.3 Å². The Bertz CT molecular complexity index is 528. The maximum atomic E-state index is 12.7. The zero-order valence-corrected chi connectivity index (χ0v) is 10.1. The summed E-state index contributed by atoms with van der Waals surface area (Å²) in [6, 6.07) is 3.40. The lowest BCUT2D eigenvalue weighted by Gasteiger charge is -2.06. The molecule has 17 heavy (non-hydrogen) atoms. The molecule has 0 bridgehead atoms. The van der Waals surface area contributed by atoms with Gasteiger partial charge in [-0.1, -0.05) is 0 Å². The van der Waals surface area contributed by atoms with Crippen molar-refractivity contribution in [3.8, 4) is 0 Å². The molecule has 0 aliphatic carbocycles.